The fraction of sp³-hybridized carbons (Fsp3) is 0.600. The van der Waals surface area contributed by atoms with Gasteiger partial charge in [0.2, 0.25) is 0 Å². The van der Waals surface area contributed by atoms with E-state index in [0.29, 0.717) is 25.8 Å². The molecule has 0 radical (unpaired) electrons. The second kappa shape index (κ2) is 7.11. The van der Waals surface area contributed by atoms with Gasteiger partial charge >= 0.3 is 0 Å². The van der Waals surface area contributed by atoms with Crippen LogP contribution in [0.1, 0.15) is 36.9 Å². The third kappa shape index (κ3) is 3.34. The lowest BCUT2D eigenvalue weighted by atomic mass is 9.99. The van der Waals surface area contributed by atoms with Crippen LogP contribution in [-0.2, 0) is 4.74 Å². The molecule has 2 unspecified atom stereocenters. The predicted molar refractivity (Wildman–Crippen MR) is 74.8 cm³/mol. The minimum Gasteiger partial charge on any atom is -0.378 e. The molecule has 0 amide bonds. The zero-order chi connectivity index (χ0) is 14.5. The Hall–Kier alpha value is -1.04. The van der Waals surface area contributed by atoms with Gasteiger partial charge in [-0.05, 0) is 18.1 Å². The standard InChI is InChI=1S/C15H22F2N2O/c1-2-13-10-20-7-6-19(13)14(9-18)11-4-3-5-12(8-11)15(16)17/h3-5,8,13-15H,2,6-7,9-10,18H2,1H3. The van der Waals surface area contributed by atoms with Crippen LogP contribution in [0.2, 0.25) is 0 Å². The highest BCUT2D eigenvalue weighted by atomic mass is 19.3. The number of hydrogen-bond acceptors (Lipinski definition) is 3. The van der Waals surface area contributed by atoms with Crippen molar-refractivity contribution in [1.82, 2.24) is 4.90 Å². The van der Waals surface area contributed by atoms with Gasteiger partial charge in [-0.2, -0.15) is 0 Å². The molecule has 1 aliphatic heterocycles. The molecule has 1 saturated heterocycles. The Labute approximate surface area is 118 Å². The Morgan fingerprint density at radius 1 is 1.40 bits per heavy atom. The average molecular weight is 284 g/mol. The average Bonchev–Trinajstić information content (AvgIpc) is 2.49. The summed E-state index contributed by atoms with van der Waals surface area (Å²) in [5.41, 5.74) is 6.83. The molecular weight excluding hydrogens is 262 g/mol. The lowest BCUT2D eigenvalue weighted by Crippen LogP contribution is -2.48. The molecule has 2 N–H and O–H groups in total. The number of nitrogens with two attached hydrogens (primary N) is 1. The van der Waals surface area contributed by atoms with E-state index >= 15 is 0 Å². The van der Waals surface area contributed by atoms with Gasteiger partial charge in [-0.25, -0.2) is 8.78 Å². The molecule has 0 spiro atoms. The van der Waals surface area contributed by atoms with Gasteiger partial charge in [-0.3, -0.25) is 4.90 Å². The summed E-state index contributed by atoms with van der Waals surface area (Å²) in [4.78, 5) is 2.29. The minimum absolute atomic E-state index is 0.0254. The van der Waals surface area contributed by atoms with Gasteiger partial charge < -0.3 is 10.5 Å². The van der Waals surface area contributed by atoms with Crippen molar-refractivity contribution >= 4 is 0 Å². The quantitative estimate of drug-likeness (QED) is 0.903. The highest BCUT2D eigenvalue weighted by molar-refractivity contribution is 5.27. The van der Waals surface area contributed by atoms with Crippen molar-refractivity contribution in [2.75, 3.05) is 26.3 Å². The third-order valence-electron chi connectivity index (χ3n) is 3.92. The van der Waals surface area contributed by atoms with Crippen molar-refractivity contribution in [3.8, 4) is 0 Å². The van der Waals surface area contributed by atoms with Crippen molar-refractivity contribution in [3.63, 3.8) is 0 Å². The normalized spacial score (nSPS) is 22.1. The molecule has 0 saturated carbocycles. The van der Waals surface area contributed by atoms with Crippen LogP contribution in [0.3, 0.4) is 0 Å². The van der Waals surface area contributed by atoms with Crippen molar-refractivity contribution in [2.24, 2.45) is 5.73 Å². The number of benzene rings is 1. The number of alkyl halides is 2. The summed E-state index contributed by atoms with van der Waals surface area (Å²) in [6.45, 7) is 4.67. The van der Waals surface area contributed by atoms with Crippen LogP contribution in [0.15, 0.2) is 24.3 Å². The van der Waals surface area contributed by atoms with Crippen molar-refractivity contribution < 1.29 is 13.5 Å². The molecule has 5 heteroatoms. The van der Waals surface area contributed by atoms with Crippen molar-refractivity contribution in [3.05, 3.63) is 35.4 Å². The second-order valence-corrected chi connectivity index (χ2v) is 5.10. The molecule has 0 aliphatic carbocycles. The fourth-order valence-electron chi connectivity index (χ4n) is 2.80. The Balaban J connectivity index is 2.24. The maximum Gasteiger partial charge on any atom is 0.263 e. The summed E-state index contributed by atoms with van der Waals surface area (Å²) in [5, 5.41) is 0. The van der Waals surface area contributed by atoms with E-state index in [1.54, 1.807) is 12.1 Å². The van der Waals surface area contributed by atoms with E-state index in [4.69, 9.17) is 10.5 Å². The zero-order valence-electron chi connectivity index (χ0n) is 11.8. The van der Waals surface area contributed by atoms with E-state index in [0.717, 1.165) is 18.5 Å². The zero-order valence-corrected chi connectivity index (χ0v) is 11.8. The first-order valence-corrected chi connectivity index (χ1v) is 7.09. The summed E-state index contributed by atoms with van der Waals surface area (Å²) >= 11 is 0. The monoisotopic (exact) mass is 284 g/mol. The predicted octanol–water partition coefficient (Wildman–Crippen LogP) is 2.73. The molecule has 1 heterocycles. The first-order chi connectivity index (χ1) is 9.67. The topological polar surface area (TPSA) is 38.5 Å². The number of morpholine rings is 1. The molecule has 20 heavy (non-hydrogen) atoms. The molecule has 0 bridgehead atoms. The Morgan fingerprint density at radius 2 is 2.15 bits per heavy atom. The first-order valence-electron chi connectivity index (χ1n) is 7.09. The molecule has 1 aromatic rings. The van der Waals surface area contributed by atoms with Gasteiger partial charge in [0, 0.05) is 30.7 Å². The molecule has 112 valence electrons. The molecular formula is C15H22F2N2O. The molecule has 1 aromatic carbocycles. The van der Waals surface area contributed by atoms with Crippen LogP contribution in [0.25, 0.3) is 0 Å². The van der Waals surface area contributed by atoms with Gasteiger partial charge in [0.25, 0.3) is 6.43 Å². The first kappa shape index (κ1) is 15.4. The lowest BCUT2D eigenvalue weighted by molar-refractivity contribution is -0.0291. The van der Waals surface area contributed by atoms with Gasteiger partial charge in [-0.1, -0.05) is 25.1 Å². The Bertz CT molecular complexity index is 428. The summed E-state index contributed by atoms with van der Waals surface area (Å²) in [6, 6.07) is 6.87. The largest absolute Gasteiger partial charge is 0.378 e. The number of hydrogen-bond donors (Lipinski definition) is 1. The van der Waals surface area contributed by atoms with Crippen LogP contribution < -0.4 is 5.73 Å². The number of ether oxygens (including phenoxy) is 1. The van der Waals surface area contributed by atoms with Gasteiger partial charge in [-0.15, -0.1) is 0 Å². The van der Waals surface area contributed by atoms with Crippen molar-refractivity contribution in [1.29, 1.82) is 0 Å². The molecule has 1 fully saturated rings. The number of halogens is 2. The van der Waals surface area contributed by atoms with Gasteiger partial charge in [0.1, 0.15) is 0 Å². The highest BCUT2D eigenvalue weighted by Crippen LogP contribution is 2.28. The Kier molecular flexibility index (Phi) is 5.46. The summed E-state index contributed by atoms with van der Waals surface area (Å²) in [7, 11) is 0. The summed E-state index contributed by atoms with van der Waals surface area (Å²) in [5.74, 6) is 0. The van der Waals surface area contributed by atoms with E-state index in [2.05, 4.69) is 11.8 Å². The third-order valence-corrected chi connectivity index (χ3v) is 3.92. The molecule has 3 nitrogen and oxygen atoms in total. The van der Waals surface area contributed by atoms with Crippen molar-refractivity contribution in [2.45, 2.75) is 31.9 Å². The summed E-state index contributed by atoms with van der Waals surface area (Å²) in [6.07, 6.45) is -1.48. The number of nitrogens with zero attached hydrogens (tertiary/aromatic N) is 1. The van der Waals surface area contributed by atoms with Crippen LogP contribution in [0.4, 0.5) is 8.78 Å². The molecule has 1 aliphatic rings. The second-order valence-electron chi connectivity index (χ2n) is 5.10. The minimum atomic E-state index is -2.44. The summed E-state index contributed by atoms with van der Waals surface area (Å²) < 4.78 is 31.2. The van der Waals surface area contributed by atoms with E-state index in [1.165, 1.54) is 6.07 Å². The maximum atomic E-state index is 12.8. The van der Waals surface area contributed by atoms with E-state index < -0.39 is 6.43 Å². The lowest BCUT2D eigenvalue weighted by Gasteiger charge is -2.40. The molecule has 0 aromatic heterocycles. The van der Waals surface area contributed by atoms with Crippen LogP contribution in [0.5, 0.6) is 0 Å². The van der Waals surface area contributed by atoms with E-state index in [-0.39, 0.29) is 11.6 Å². The molecule has 2 rings (SSSR count). The van der Waals surface area contributed by atoms with E-state index in [9.17, 15) is 8.78 Å². The maximum absolute atomic E-state index is 12.8. The smallest absolute Gasteiger partial charge is 0.263 e. The van der Waals surface area contributed by atoms with Crippen LogP contribution >= 0.6 is 0 Å². The van der Waals surface area contributed by atoms with Crippen LogP contribution in [0, 0.1) is 0 Å². The molecule has 2 atom stereocenters. The highest BCUT2D eigenvalue weighted by Gasteiger charge is 2.28. The fourth-order valence-corrected chi connectivity index (χ4v) is 2.80. The van der Waals surface area contributed by atoms with Crippen LogP contribution in [-0.4, -0.2) is 37.2 Å². The SMILES string of the molecule is CCC1COCCN1C(CN)c1cccc(C(F)F)c1. The van der Waals surface area contributed by atoms with Gasteiger partial charge in [0.05, 0.1) is 13.2 Å². The Morgan fingerprint density at radius 3 is 2.80 bits per heavy atom. The van der Waals surface area contributed by atoms with E-state index in [1.807, 2.05) is 6.07 Å². The van der Waals surface area contributed by atoms with Gasteiger partial charge in [0.15, 0.2) is 0 Å². The number of rotatable bonds is 5.